The van der Waals surface area contributed by atoms with Crippen molar-refractivity contribution >= 4 is 5.78 Å². The van der Waals surface area contributed by atoms with Gasteiger partial charge in [0.1, 0.15) is 6.10 Å². The van der Waals surface area contributed by atoms with Crippen molar-refractivity contribution in [2.24, 2.45) is 39.9 Å². The van der Waals surface area contributed by atoms with Gasteiger partial charge in [0.05, 0.1) is 18.1 Å². The second-order valence-electron chi connectivity index (χ2n) is 14.9. The van der Waals surface area contributed by atoms with Gasteiger partial charge in [0.15, 0.2) is 11.6 Å². The Hall–Kier alpha value is -0.490. The Balaban J connectivity index is 1.29. The molecule has 7 aliphatic rings. The monoisotopic (exact) mass is 485 g/mol. The van der Waals surface area contributed by atoms with E-state index in [4.69, 9.17) is 9.47 Å². The molecule has 5 aliphatic heterocycles. The van der Waals surface area contributed by atoms with E-state index < -0.39 is 17.3 Å². The highest BCUT2D eigenvalue weighted by Gasteiger charge is 2.80. The quantitative estimate of drug-likeness (QED) is 0.598. The van der Waals surface area contributed by atoms with Crippen LogP contribution in [0, 0.1) is 39.9 Å². The van der Waals surface area contributed by atoms with Crippen LogP contribution >= 0.6 is 0 Å². The molecule has 5 saturated heterocycles. The number of fused-ring (bicyclic) bond motifs is 4. The number of carbonyl (C=O) groups excluding carboxylic acids is 1. The van der Waals surface area contributed by atoms with Crippen LogP contribution in [0.25, 0.3) is 0 Å². The fraction of sp³-hybridized carbons (Fsp3) is 0.967. The van der Waals surface area contributed by atoms with E-state index in [0.717, 1.165) is 12.8 Å². The third-order valence-corrected chi connectivity index (χ3v) is 13.4. The highest BCUT2D eigenvalue weighted by Crippen LogP contribution is 2.79. The van der Waals surface area contributed by atoms with Crippen LogP contribution in [0.4, 0.5) is 0 Å². The summed E-state index contributed by atoms with van der Waals surface area (Å²) in [4.78, 5) is 17.1. The maximum absolute atomic E-state index is 14.1. The largest absolute Gasteiger partial charge is 0.385 e. The van der Waals surface area contributed by atoms with Gasteiger partial charge in [0.2, 0.25) is 0 Å². The lowest BCUT2D eigenvalue weighted by Crippen LogP contribution is -2.69. The zero-order valence-electron chi connectivity index (χ0n) is 22.6. The number of aliphatic hydroxyl groups excluding tert-OH is 1. The van der Waals surface area contributed by atoms with Crippen molar-refractivity contribution in [3.05, 3.63) is 0 Å². The third-order valence-electron chi connectivity index (χ3n) is 13.4. The fourth-order valence-electron chi connectivity index (χ4n) is 11.7. The van der Waals surface area contributed by atoms with Crippen LogP contribution in [-0.2, 0) is 14.3 Å². The number of carbonyl (C=O) groups is 1. The Morgan fingerprint density at radius 3 is 2.63 bits per heavy atom. The minimum Gasteiger partial charge on any atom is -0.385 e. The summed E-state index contributed by atoms with van der Waals surface area (Å²) < 4.78 is 12.3. The van der Waals surface area contributed by atoms with Crippen LogP contribution in [0.1, 0.15) is 98.8 Å². The summed E-state index contributed by atoms with van der Waals surface area (Å²) in [7, 11) is 0. The molecule has 0 aromatic carbocycles. The first-order valence-electron chi connectivity index (χ1n) is 14.8. The molecule has 0 aromatic rings. The Bertz CT molecular complexity index is 937. The first-order valence-corrected chi connectivity index (χ1v) is 14.8. The zero-order chi connectivity index (χ0) is 24.6. The predicted molar refractivity (Wildman–Crippen MR) is 134 cm³/mol. The highest BCUT2D eigenvalue weighted by atomic mass is 16.7. The molecule has 2 aliphatic carbocycles. The average Bonchev–Trinajstić information content (AvgIpc) is 3.43. The van der Waals surface area contributed by atoms with Crippen molar-refractivity contribution in [2.45, 2.75) is 128 Å². The number of piperidine rings is 2. The second kappa shape index (κ2) is 7.12. The lowest BCUT2D eigenvalue weighted by Gasteiger charge is -2.67. The molecule has 1 N–H and O–H groups in total. The maximum atomic E-state index is 14.1. The van der Waals surface area contributed by atoms with Gasteiger partial charge in [-0.2, -0.15) is 0 Å². The summed E-state index contributed by atoms with van der Waals surface area (Å²) >= 11 is 0. The molecule has 7 fully saturated rings. The summed E-state index contributed by atoms with van der Waals surface area (Å²) in [6.07, 6.45) is 10.4. The number of Topliss-reactive ketones (excluding diaryl/α,β-unsaturated/α-hetero) is 1. The van der Waals surface area contributed by atoms with E-state index in [1.165, 1.54) is 51.5 Å². The Kier molecular flexibility index (Phi) is 4.81. The van der Waals surface area contributed by atoms with Crippen LogP contribution in [0.15, 0.2) is 0 Å². The SMILES string of the molecule is CC(C)[C@@H]1CC[C@]2(C)[C@H]3CC[C@@]45CCC[C@@H]4[C@]2(C[C@H](O)C(=O)[C@@]2(C)CO[C@]4(C)CC[C@H]2O4)[C@@H]1N5C3. The third kappa shape index (κ3) is 2.63. The van der Waals surface area contributed by atoms with E-state index in [0.29, 0.717) is 48.3 Å². The Morgan fingerprint density at radius 2 is 1.86 bits per heavy atom. The summed E-state index contributed by atoms with van der Waals surface area (Å²) in [5, 5.41) is 11.9. The van der Waals surface area contributed by atoms with Crippen molar-refractivity contribution in [2.75, 3.05) is 13.2 Å². The first kappa shape index (κ1) is 23.6. The summed E-state index contributed by atoms with van der Waals surface area (Å²) in [5.41, 5.74) is -0.158. The van der Waals surface area contributed by atoms with Crippen LogP contribution < -0.4 is 0 Å². The molecule has 0 radical (unpaired) electrons. The minimum absolute atomic E-state index is 0.0213. The van der Waals surface area contributed by atoms with E-state index in [-0.39, 0.29) is 22.7 Å². The van der Waals surface area contributed by atoms with Crippen molar-refractivity contribution in [1.29, 1.82) is 0 Å². The molecule has 12 atom stereocenters. The summed E-state index contributed by atoms with van der Waals surface area (Å²) in [6.45, 7) is 13.0. The van der Waals surface area contributed by atoms with Gasteiger partial charge >= 0.3 is 0 Å². The average molecular weight is 486 g/mol. The minimum atomic E-state index is -0.931. The van der Waals surface area contributed by atoms with Crippen LogP contribution in [0.3, 0.4) is 0 Å². The van der Waals surface area contributed by atoms with E-state index in [1.54, 1.807) is 0 Å². The predicted octanol–water partition coefficient (Wildman–Crippen LogP) is 4.94. The van der Waals surface area contributed by atoms with Gasteiger partial charge in [0, 0.05) is 24.5 Å². The molecular formula is C30H47NO4. The van der Waals surface area contributed by atoms with E-state index >= 15 is 0 Å². The van der Waals surface area contributed by atoms with Crippen LogP contribution in [0.2, 0.25) is 0 Å². The normalized spacial score (nSPS) is 58.6. The van der Waals surface area contributed by atoms with E-state index in [2.05, 4.69) is 25.7 Å². The first-order chi connectivity index (χ1) is 16.5. The van der Waals surface area contributed by atoms with Gasteiger partial charge in [-0.25, -0.2) is 0 Å². The number of ether oxygens (including phenoxy) is 2. The molecule has 0 amide bonds. The maximum Gasteiger partial charge on any atom is 0.172 e. The number of rotatable bonds is 5. The van der Waals surface area contributed by atoms with Crippen molar-refractivity contribution < 1.29 is 19.4 Å². The van der Waals surface area contributed by atoms with Gasteiger partial charge in [0.25, 0.3) is 0 Å². The van der Waals surface area contributed by atoms with Crippen LogP contribution in [0.5, 0.6) is 0 Å². The Labute approximate surface area is 211 Å². The van der Waals surface area contributed by atoms with Crippen molar-refractivity contribution in [3.63, 3.8) is 0 Å². The topological polar surface area (TPSA) is 59.0 Å². The number of ketones is 1. The molecule has 7 bridgehead atoms. The van der Waals surface area contributed by atoms with Gasteiger partial charge in [-0.3, -0.25) is 9.69 Å². The van der Waals surface area contributed by atoms with Gasteiger partial charge in [-0.05, 0) is 99.7 Å². The van der Waals surface area contributed by atoms with Gasteiger partial charge in [-0.15, -0.1) is 0 Å². The standard InChI is InChI=1S/C30H47NO4/c1-18(2)20-9-12-27(4)19-8-14-29-11-6-7-22(29)30(27,24(20)31(29)16-19)15-21(32)25(33)26(3)17-34-28(5)13-10-23(26)35-28/h18-24,32H,6-17H2,1-5H3/t19-,20-,21-,22-,23+,24+,26-,27+,28-,29-,30+/m0/s1. The fourth-order valence-corrected chi connectivity index (χ4v) is 11.7. The molecule has 1 spiro atoms. The Morgan fingerprint density at radius 1 is 1.06 bits per heavy atom. The van der Waals surface area contributed by atoms with Gasteiger partial charge in [-0.1, -0.05) is 27.2 Å². The zero-order valence-corrected chi connectivity index (χ0v) is 22.6. The van der Waals surface area contributed by atoms with Crippen molar-refractivity contribution in [3.8, 4) is 0 Å². The molecule has 1 unspecified atom stereocenters. The van der Waals surface area contributed by atoms with Crippen LogP contribution in [-0.4, -0.2) is 58.5 Å². The molecule has 7 rings (SSSR count). The van der Waals surface area contributed by atoms with E-state index in [1.807, 2.05) is 13.8 Å². The van der Waals surface area contributed by atoms with Gasteiger partial charge < -0.3 is 14.6 Å². The summed E-state index contributed by atoms with van der Waals surface area (Å²) in [6, 6.07) is 0.520. The smallest absolute Gasteiger partial charge is 0.172 e. The molecule has 0 aromatic heterocycles. The molecule has 5 heterocycles. The number of hydrogen-bond acceptors (Lipinski definition) is 5. The number of aliphatic hydroxyl groups is 1. The number of nitrogens with zero attached hydrogens (tertiary/aromatic N) is 1. The lowest BCUT2D eigenvalue weighted by molar-refractivity contribution is -0.284. The second-order valence-corrected chi connectivity index (χ2v) is 14.9. The van der Waals surface area contributed by atoms with Crippen molar-refractivity contribution in [1.82, 2.24) is 4.90 Å². The number of hydrogen-bond donors (Lipinski definition) is 1. The molecule has 5 heteroatoms. The molecule has 196 valence electrons. The molecule has 35 heavy (non-hydrogen) atoms. The molecule has 5 nitrogen and oxygen atoms in total. The lowest BCUT2D eigenvalue weighted by atomic mass is 9.42. The highest BCUT2D eigenvalue weighted by molar-refractivity contribution is 5.89. The van der Waals surface area contributed by atoms with E-state index in [9.17, 15) is 9.90 Å². The summed E-state index contributed by atoms with van der Waals surface area (Å²) in [5.74, 6) is 2.07. The molecule has 2 saturated carbocycles. The molecular weight excluding hydrogens is 438 g/mol.